The van der Waals surface area contributed by atoms with Crippen LogP contribution in [0.5, 0.6) is 11.5 Å². The molecule has 31 heavy (non-hydrogen) atoms. The summed E-state index contributed by atoms with van der Waals surface area (Å²) in [5, 5.41) is 7.44. The van der Waals surface area contributed by atoms with Crippen LogP contribution in [-0.4, -0.2) is 42.5 Å². The van der Waals surface area contributed by atoms with Crippen LogP contribution >= 0.6 is 0 Å². The van der Waals surface area contributed by atoms with Crippen LogP contribution < -0.4 is 14.8 Å². The van der Waals surface area contributed by atoms with Gasteiger partial charge in [-0.1, -0.05) is 18.2 Å². The molecule has 0 unspecified atom stereocenters. The molecule has 0 spiro atoms. The molecule has 1 saturated carbocycles. The third-order valence-corrected chi connectivity index (χ3v) is 4.95. The quantitative estimate of drug-likeness (QED) is 0.559. The van der Waals surface area contributed by atoms with Gasteiger partial charge in [0.1, 0.15) is 5.82 Å². The van der Waals surface area contributed by atoms with Gasteiger partial charge in [0.25, 0.3) is 5.91 Å². The number of ether oxygens (including phenoxy) is 3. The van der Waals surface area contributed by atoms with Crippen LogP contribution in [0.25, 0.3) is 5.69 Å². The first-order valence-electron chi connectivity index (χ1n) is 9.93. The van der Waals surface area contributed by atoms with Crippen LogP contribution in [0.3, 0.4) is 0 Å². The van der Waals surface area contributed by atoms with Crippen molar-refractivity contribution < 1.29 is 23.8 Å². The Labute approximate surface area is 179 Å². The first-order valence-corrected chi connectivity index (χ1v) is 9.93. The molecule has 2 aromatic carbocycles. The van der Waals surface area contributed by atoms with E-state index in [-0.39, 0.29) is 5.56 Å². The van der Waals surface area contributed by atoms with E-state index in [9.17, 15) is 9.59 Å². The summed E-state index contributed by atoms with van der Waals surface area (Å²) in [4.78, 5) is 24.8. The Hall–Kier alpha value is -3.81. The van der Waals surface area contributed by atoms with Crippen LogP contribution in [0.2, 0.25) is 0 Å². The SMILES string of the molecule is COc1ccc(C(=O)OCC(=O)Nc2cc(C3CC3)nn2-c2ccccc2)cc1OC. The average molecular weight is 421 g/mol. The Morgan fingerprint density at radius 3 is 2.45 bits per heavy atom. The molecule has 0 radical (unpaired) electrons. The van der Waals surface area contributed by atoms with E-state index in [1.54, 1.807) is 16.8 Å². The molecule has 3 aromatic rings. The minimum absolute atomic E-state index is 0.260. The Morgan fingerprint density at radius 1 is 1.03 bits per heavy atom. The number of carbonyl (C=O) groups is 2. The van der Waals surface area contributed by atoms with Crippen molar-refractivity contribution in [3.63, 3.8) is 0 Å². The van der Waals surface area contributed by atoms with Gasteiger partial charge in [-0.15, -0.1) is 0 Å². The molecular formula is C23H23N3O5. The second kappa shape index (κ2) is 8.91. The van der Waals surface area contributed by atoms with Crippen molar-refractivity contribution >= 4 is 17.7 Å². The van der Waals surface area contributed by atoms with Gasteiger partial charge < -0.3 is 19.5 Å². The number of amides is 1. The lowest BCUT2D eigenvalue weighted by molar-refractivity contribution is -0.119. The number of anilines is 1. The Kier molecular flexibility index (Phi) is 5.88. The molecule has 8 nitrogen and oxygen atoms in total. The van der Waals surface area contributed by atoms with Gasteiger partial charge in [0.15, 0.2) is 18.1 Å². The van der Waals surface area contributed by atoms with Crippen molar-refractivity contribution in [2.24, 2.45) is 0 Å². The molecule has 160 valence electrons. The minimum Gasteiger partial charge on any atom is -0.493 e. The molecule has 1 amide bonds. The predicted molar refractivity (Wildman–Crippen MR) is 114 cm³/mol. The van der Waals surface area contributed by atoms with Gasteiger partial charge in [0.2, 0.25) is 0 Å². The van der Waals surface area contributed by atoms with Crippen molar-refractivity contribution in [2.75, 3.05) is 26.1 Å². The molecule has 1 N–H and O–H groups in total. The smallest absolute Gasteiger partial charge is 0.338 e. The van der Waals surface area contributed by atoms with Crippen molar-refractivity contribution in [3.8, 4) is 17.2 Å². The fourth-order valence-corrected chi connectivity index (χ4v) is 3.19. The summed E-state index contributed by atoms with van der Waals surface area (Å²) in [6.07, 6.45) is 2.20. The van der Waals surface area contributed by atoms with Crippen molar-refractivity contribution in [1.29, 1.82) is 0 Å². The number of benzene rings is 2. The lowest BCUT2D eigenvalue weighted by Crippen LogP contribution is -2.22. The zero-order chi connectivity index (χ0) is 21.8. The van der Waals surface area contributed by atoms with E-state index in [0.717, 1.165) is 24.2 Å². The molecule has 8 heteroatoms. The Balaban J connectivity index is 1.43. The van der Waals surface area contributed by atoms with Crippen molar-refractivity contribution in [1.82, 2.24) is 9.78 Å². The van der Waals surface area contributed by atoms with Crippen LogP contribution in [0.4, 0.5) is 5.82 Å². The normalized spacial score (nSPS) is 12.8. The molecule has 1 aliphatic carbocycles. The van der Waals surface area contributed by atoms with E-state index in [4.69, 9.17) is 14.2 Å². The zero-order valence-corrected chi connectivity index (χ0v) is 17.3. The van der Waals surface area contributed by atoms with Crippen molar-refractivity contribution in [2.45, 2.75) is 18.8 Å². The summed E-state index contributed by atoms with van der Waals surface area (Å²) in [6, 6.07) is 16.1. The third kappa shape index (κ3) is 4.69. The van der Waals surface area contributed by atoms with Crippen LogP contribution in [-0.2, 0) is 9.53 Å². The minimum atomic E-state index is -0.633. The molecule has 0 aliphatic heterocycles. The summed E-state index contributed by atoms with van der Waals surface area (Å²) in [7, 11) is 2.99. The second-order valence-electron chi connectivity index (χ2n) is 7.17. The molecule has 1 aliphatic rings. The van der Waals surface area contributed by atoms with Crippen molar-refractivity contribution in [3.05, 3.63) is 65.9 Å². The molecule has 0 atom stereocenters. The highest BCUT2D eigenvalue weighted by atomic mass is 16.5. The van der Waals surface area contributed by atoms with Gasteiger partial charge in [-0.25, -0.2) is 9.48 Å². The lowest BCUT2D eigenvalue weighted by Gasteiger charge is -2.10. The number of hydrogen-bond donors (Lipinski definition) is 1. The number of para-hydroxylation sites is 1. The highest BCUT2D eigenvalue weighted by Gasteiger charge is 2.28. The number of esters is 1. The topological polar surface area (TPSA) is 91.7 Å². The highest BCUT2D eigenvalue weighted by molar-refractivity contribution is 5.95. The maximum Gasteiger partial charge on any atom is 0.338 e. The summed E-state index contributed by atoms with van der Waals surface area (Å²) in [5.41, 5.74) is 2.05. The number of carbonyl (C=O) groups excluding carboxylic acids is 2. The first kappa shape index (κ1) is 20.5. The number of rotatable bonds is 8. The number of hydrogen-bond acceptors (Lipinski definition) is 6. The lowest BCUT2D eigenvalue weighted by atomic mass is 10.2. The molecule has 0 bridgehead atoms. The predicted octanol–water partition coefficient (Wildman–Crippen LogP) is 3.56. The molecule has 1 heterocycles. The van der Waals surface area contributed by atoms with E-state index in [2.05, 4.69) is 10.4 Å². The third-order valence-electron chi connectivity index (χ3n) is 4.95. The van der Waals surface area contributed by atoms with Crippen LogP contribution in [0.1, 0.15) is 34.8 Å². The largest absolute Gasteiger partial charge is 0.493 e. The van der Waals surface area contributed by atoms with Gasteiger partial charge in [-0.3, -0.25) is 4.79 Å². The standard InChI is InChI=1S/C23H23N3O5/c1-29-19-11-10-16(12-20(19)30-2)23(28)31-14-22(27)24-21-13-18(15-8-9-15)25-26(21)17-6-4-3-5-7-17/h3-7,10-13,15H,8-9,14H2,1-2H3,(H,24,27). The van der Waals surface area contributed by atoms with E-state index < -0.39 is 18.5 Å². The fourth-order valence-electron chi connectivity index (χ4n) is 3.19. The number of aromatic nitrogens is 2. The van der Waals surface area contributed by atoms with Gasteiger partial charge in [-0.05, 0) is 43.2 Å². The second-order valence-corrected chi connectivity index (χ2v) is 7.17. The number of nitrogens with one attached hydrogen (secondary N) is 1. The zero-order valence-electron chi connectivity index (χ0n) is 17.3. The first-order chi connectivity index (χ1) is 15.1. The maximum absolute atomic E-state index is 12.5. The summed E-state index contributed by atoms with van der Waals surface area (Å²) in [5.74, 6) is 0.793. The molecule has 1 fully saturated rings. The van der Waals surface area contributed by atoms with Crippen LogP contribution in [0, 0.1) is 0 Å². The maximum atomic E-state index is 12.5. The van der Waals surface area contributed by atoms with E-state index in [1.165, 1.54) is 20.3 Å². The van der Waals surface area contributed by atoms with Gasteiger partial charge in [0.05, 0.1) is 31.2 Å². The molecule has 0 saturated heterocycles. The summed E-state index contributed by atoms with van der Waals surface area (Å²) in [6.45, 7) is -0.425. The van der Waals surface area contributed by atoms with Gasteiger partial charge >= 0.3 is 5.97 Å². The number of nitrogens with zero attached hydrogens (tertiary/aromatic N) is 2. The summed E-state index contributed by atoms with van der Waals surface area (Å²) >= 11 is 0. The highest BCUT2D eigenvalue weighted by Crippen LogP contribution is 2.40. The molecule has 4 rings (SSSR count). The van der Waals surface area contributed by atoms with E-state index >= 15 is 0 Å². The monoisotopic (exact) mass is 421 g/mol. The number of methoxy groups -OCH3 is 2. The Morgan fingerprint density at radius 2 is 1.77 bits per heavy atom. The van der Waals surface area contributed by atoms with Gasteiger partial charge in [-0.2, -0.15) is 5.10 Å². The summed E-state index contributed by atoms with van der Waals surface area (Å²) < 4.78 is 17.2. The van der Waals surface area contributed by atoms with Gasteiger partial charge in [0, 0.05) is 12.0 Å². The fraction of sp³-hybridized carbons (Fsp3) is 0.261. The van der Waals surface area contributed by atoms with E-state index in [1.807, 2.05) is 36.4 Å². The molecule has 1 aromatic heterocycles. The molecular weight excluding hydrogens is 398 g/mol. The Bertz CT molecular complexity index is 1090. The van der Waals surface area contributed by atoms with E-state index in [0.29, 0.717) is 23.2 Å². The van der Waals surface area contributed by atoms with Crippen LogP contribution in [0.15, 0.2) is 54.6 Å². The average Bonchev–Trinajstić information content (AvgIpc) is 3.58.